The summed E-state index contributed by atoms with van der Waals surface area (Å²) in [6, 6.07) is 3.05. The summed E-state index contributed by atoms with van der Waals surface area (Å²) in [5, 5.41) is 0. The van der Waals surface area contributed by atoms with E-state index in [0.29, 0.717) is 29.5 Å². The zero-order valence-corrected chi connectivity index (χ0v) is 20.8. The summed E-state index contributed by atoms with van der Waals surface area (Å²) in [6.45, 7) is 18.7. The third-order valence-electron chi connectivity index (χ3n) is 7.58. The molecule has 0 radical (unpaired) electrons. The van der Waals surface area contributed by atoms with E-state index in [-0.39, 0.29) is 22.3 Å². The van der Waals surface area contributed by atoms with Crippen molar-refractivity contribution in [2.24, 2.45) is 22.7 Å². The standard InChI is InChI=1S/C24H38N2O3S/c1-14-10-15(2)20(16(3)11-14)30(28,29)25-21(23(5,6)7)22(27)26-13-18-12-19(17(26)4)24(18,8)9/h10-11,17-19,21,25H,12-13H2,1-9H3/t17-,18?,19+,21-/m1/s1. The highest BCUT2D eigenvalue weighted by atomic mass is 32.2. The van der Waals surface area contributed by atoms with E-state index in [9.17, 15) is 13.2 Å². The summed E-state index contributed by atoms with van der Waals surface area (Å²) in [7, 11) is -3.84. The second-order valence-electron chi connectivity index (χ2n) is 11.2. The van der Waals surface area contributed by atoms with E-state index in [4.69, 9.17) is 0 Å². The fourth-order valence-corrected chi connectivity index (χ4v) is 7.51. The first-order chi connectivity index (χ1) is 13.6. The van der Waals surface area contributed by atoms with Gasteiger partial charge in [0, 0.05) is 12.6 Å². The zero-order valence-electron chi connectivity index (χ0n) is 20.0. The molecule has 2 aliphatic heterocycles. The Balaban J connectivity index is 1.92. The normalized spacial score (nSPS) is 26.8. The Labute approximate surface area is 182 Å². The van der Waals surface area contributed by atoms with Crippen LogP contribution in [0, 0.1) is 43.4 Å². The Morgan fingerprint density at radius 2 is 1.70 bits per heavy atom. The topological polar surface area (TPSA) is 66.5 Å². The van der Waals surface area contributed by atoms with Crippen molar-refractivity contribution in [2.45, 2.75) is 85.7 Å². The van der Waals surface area contributed by atoms with Crippen LogP contribution in [0.5, 0.6) is 0 Å². The molecule has 0 spiro atoms. The maximum Gasteiger partial charge on any atom is 0.241 e. The van der Waals surface area contributed by atoms with Gasteiger partial charge in [-0.25, -0.2) is 8.42 Å². The number of carbonyl (C=O) groups is 1. The van der Waals surface area contributed by atoms with Crippen molar-refractivity contribution in [1.29, 1.82) is 0 Å². The van der Waals surface area contributed by atoms with E-state index in [2.05, 4.69) is 25.5 Å². The summed E-state index contributed by atoms with van der Waals surface area (Å²) in [4.78, 5) is 15.9. The van der Waals surface area contributed by atoms with Crippen LogP contribution in [0.2, 0.25) is 0 Å². The van der Waals surface area contributed by atoms with Crippen molar-refractivity contribution in [3.63, 3.8) is 0 Å². The number of hydrogen-bond acceptors (Lipinski definition) is 3. The van der Waals surface area contributed by atoms with Crippen LogP contribution in [-0.4, -0.2) is 37.9 Å². The second kappa shape index (κ2) is 7.33. The number of hydrogen-bond donors (Lipinski definition) is 1. The predicted molar refractivity (Wildman–Crippen MR) is 121 cm³/mol. The van der Waals surface area contributed by atoms with E-state index in [1.807, 2.05) is 58.6 Å². The average molecular weight is 435 g/mol. The van der Waals surface area contributed by atoms with Crippen LogP contribution in [0.3, 0.4) is 0 Å². The lowest BCUT2D eigenvalue weighted by Crippen LogP contribution is -2.68. The first-order valence-electron chi connectivity index (χ1n) is 11.0. The van der Waals surface area contributed by atoms with Crippen LogP contribution in [0.4, 0.5) is 0 Å². The van der Waals surface area contributed by atoms with Crippen LogP contribution in [0.1, 0.15) is 64.7 Å². The van der Waals surface area contributed by atoms with Crippen LogP contribution >= 0.6 is 0 Å². The lowest BCUT2D eigenvalue weighted by Gasteiger charge is -2.63. The third-order valence-corrected chi connectivity index (χ3v) is 9.31. The smallest absolute Gasteiger partial charge is 0.241 e. The number of nitrogens with one attached hydrogen (secondary N) is 1. The molecule has 4 rings (SSSR count). The van der Waals surface area contributed by atoms with Gasteiger partial charge in [-0.1, -0.05) is 52.3 Å². The minimum Gasteiger partial charge on any atom is -0.338 e. The van der Waals surface area contributed by atoms with Crippen molar-refractivity contribution in [3.8, 4) is 0 Å². The number of amides is 1. The lowest BCUT2D eigenvalue weighted by molar-refractivity contribution is -0.169. The quantitative estimate of drug-likeness (QED) is 0.772. The molecule has 2 bridgehead atoms. The molecule has 1 amide bonds. The molecule has 1 aliphatic carbocycles. The zero-order chi connectivity index (χ0) is 22.8. The predicted octanol–water partition coefficient (Wildman–Crippen LogP) is 4.20. The summed E-state index contributed by atoms with van der Waals surface area (Å²) in [5.41, 5.74) is 2.14. The van der Waals surface area contributed by atoms with E-state index >= 15 is 0 Å². The summed E-state index contributed by atoms with van der Waals surface area (Å²) in [6.07, 6.45) is 1.16. The summed E-state index contributed by atoms with van der Waals surface area (Å²) < 4.78 is 29.6. The Bertz CT molecular complexity index is 936. The molecule has 1 saturated carbocycles. The third kappa shape index (κ3) is 3.81. The number of rotatable bonds is 4. The number of carbonyl (C=O) groups excluding carboxylic acids is 1. The van der Waals surface area contributed by atoms with Crippen LogP contribution in [-0.2, 0) is 14.8 Å². The highest BCUT2D eigenvalue weighted by Crippen LogP contribution is 2.57. The van der Waals surface area contributed by atoms with Gasteiger partial charge in [-0.2, -0.15) is 4.72 Å². The maximum atomic E-state index is 13.7. The number of nitrogens with zero attached hydrogens (tertiary/aromatic N) is 1. The molecule has 3 fully saturated rings. The Hall–Kier alpha value is -1.40. The van der Waals surface area contributed by atoms with Crippen LogP contribution in [0.15, 0.2) is 17.0 Å². The molecule has 4 atom stereocenters. The first kappa shape index (κ1) is 23.3. The number of benzene rings is 1. The SMILES string of the molecule is Cc1cc(C)c(S(=O)(=O)N[C@H](C(=O)N2CC3C[C@@H]([C@H]2C)C3(C)C)C(C)(C)C)c(C)c1. The Morgan fingerprint density at radius 3 is 2.13 bits per heavy atom. The molecule has 6 heteroatoms. The van der Waals surface area contributed by atoms with Gasteiger partial charge in [-0.05, 0) is 67.9 Å². The van der Waals surface area contributed by atoms with Crippen molar-refractivity contribution in [1.82, 2.24) is 9.62 Å². The molecule has 1 N–H and O–H groups in total. The van der Waals surface area contributed by atoms with Crippen LogP contribution in [0.25, 0.3) is 0 Å². The van der Waals surface area contributed by atoms with Gasteiger partial charge in [-0.3, -0.25) is 4.79 Å². The molecule has 168 valence electrons. The largest absolute Gasteiger partial charge is 0.338 e. The molecule has 0 aromatic heterocycles. The molecule has 3 aliphatic rings. The van der Waals surface area contributed by atoms with Gasteiger partial charge >= 0.3 is 0 Å². The fraction of sp³-hybridized carbons (Fsp3) is 0.708. The lowest BCUT2D eigenvalue weighted by atomic mass is 9.50. The summed E-state index contributed by atoms with van der Waals surface area (Å²) in [5.74, 6) is 0.853. The van der Waals surface area contributed by atoms with Gasteiger partial charge in [0.25, 0.3) is 0 Å². The van der Waals surface area contributed by atoms with Crippen molar-refractivity contribution in [2.75, 3.05) is 6.54 Å². The molecule has 1 aromatic rings. The number of aryl methyl sites for hydroxylation is 3. The highest BCUT2D eigenvalue weighted by molar-refractivity contribution is 7.89. The molecular weight excluding hydrogens is 396 g/mol. The fourth-order valence-electron chi connectivity index (χ4n) is 5.66. The molecule has 2 heterocycles. The Morgan fingerprint density at radius 1 is 1.17 bits per heavy atom. The first-order valence-corrected chi connectivity index (χ1v) is 12.5. The van der Waals surface area contributed by atoms with Gasteiger partial charge in [0.15, 0.2) is 0 Å². The van der Waals surface area contributed by atoms with Crippen molar-refractivity contribution < 1.29 is 13.2 Å². The van der Waals surface area contributed by atoms with Gasteiger partial charge in [-0.15, -0.1) is 0 Å². The molecule has 30 heavy (non-hydrogen) atoms. The molecule has 2 saturated heterocycles. The monoisotopic (exact) mass is 434 g/mol. The van der Waals surface area contributed by atoms with Gasteiger partial charge < -0.3 is 4.90 Å². The van der Waals surface area contributed by atoms with E-state index in [1.54, 1.807) is 0 Å². The van der Waals surface area contributed by atoms with Crippen LogP contribution < -0.4 is 4.72 Å². The molecule has 1 aromatic carbocycles. The van der Waals surface area contributed by atoms with Crippen molar-refractivity contribution in [3.05, 3.63) is 28.8 Å². The van der Waals surface area contributed by atoms with E-state index in [1.165, 1.54) is 0 Å². The summed E-state index contributed by atoms with van der Waals surface area (Å²) >= 11 is 0. The van der Waals surface area contributed by atoms with Crippen molar-refractivity contribution >= 4 is 15.9 Å². The molecular formula is C24H38N2O3S. The molecule has 1 unspecified atom stereocenters. The minimum atomic E-state index is -3.84. The Kier molecular flexibility index (Phi) is 5.69. The maximum absolute atomic E-state index is 13.7. The average Bonchev–Trinajstić information content (AvgIpc) is 2.56. The number of sulfonamides is 1. The van der Waals surface area contributed by atoms with Gasteiger partial charge in [0.1, 0.15) is 6.04 Å². The second-order valence-corrected chi connectivity index (χ2v) is 12.9. The minimum absolute atomic E-state index is 0.105. The molecule has 5 nitrogen and oxygen atoms in total. The van der Waals surface area contributed by atoms with E-state index in [0.717, 1.165) is 12.0 Å². The number of piperidine rings is 2. The van der Waals surface area contributed by atoms with E-state index < -0.39 is 21.5 Å². The number of fused-ring (bicyclic) bond motifs is 2. The van der Waals surface area contributed by atoms with Gasteiger partial charge in [0.05, 0.1) is 4.90 Å². The van der Waals surface area contributed by atoms with Gasteiger partial charge in [0.2, 0.25) is 15.9 Å². The highest BCUT2D eigenvalue weighted by Gasteiger charge is 2.57.